The van der Waals surface area contributed by atoms with Crippen molar-refractivity contribution in [2.24, 2.45) is 0 Å². The van der Waals surface area contributed by atoms with Gasteiger partial charge in [0.25, 0.3) is 0 Å². The Morgan fingerprint density at radius 3 is 2.74 bits per heavy atom. The second-order valence-corrected chi connectivity index (χ2v) is 3.80. The molecular weight excluding hydrogens is 258 g/mol. The average molecular weight is 264 g/mol. The van der Waals surface area contributed by atoms with Gasteiger partial charge in [0, 0.05) is 12.1 Å². The highest BCUT2D eigenvalue weighted by Gasteiger charge is 2.18. The minimum absolute atomic E-state index is 0.0736. The lowest BCUT2D eigenvalue weighted by molar-refractivity contribution is 0.0692. The number of fused-ring (bicyclic) bond motifs is 1. The lowest BCUT2D eigenvalue weighted by Gasteiger charge is -1.92. The molecule has 3 N–H and O–H groups in total. The molecule has 0 unspecified atom stereocenters. The first-order valence-electron chi connectivity index (χ1n) is 5.18. The van der Waals surface area contributed by atoms with E-state index >= 15 is 0 Å². The molecule has 96 valence electrons. The van der Waals surface area contributed by atoms with E-state index < -0.39 is 17.6 Å². The number of benzene rings is 1. The Morgan fingerprint density at radius 2 is 2.00 bits per heavy atom. The summed E-state index contributed by atoms with van der Waals surface area (Å²) in [5, 5.41) is 8.95. The number of hydrogen-bond donors (Lipinski definition) is 3. The summed E-state index contributed by atoms with van der Waals surface area (Å²) in [6, 6.07) is 1.88. The zero-order valence-corrected chi connectivity index (χ0v) is 9.24. The van der Waals surface area contributed by atoms with Gasteiger partial charge in [-0.25, -0.2) is 23.5 Å². The van der Waals surface area contributed by atoms with Gasteiger partial charge >= 0.3 is 5.97 Å². The SMILES string of the molecule is O=C(O)c1[nH]cnc1-c1nc2cc(F)c(F)cc2[nH]1. The smallest absolute Gasteiger partial charge is 0.354 e. The molecule has 2 heterocycles. The number of H-pyrrole nitrogens is 2. The number of aromatic nitrogens is 4. The zero-order valence-electron chi connectivity index (χ0n) is 9.24. The first kappa shape index (κ1) is 11.3. The number of carboxylic acid groups (broad SMARTS) is 1. The summed E-state index contributed by atoms with van der Waals surface area (Å²) in [5.74, 6) is -3.11. The maximum atomic E-state index is 13.1. The standard InChI is InChI=1S/C11H6F2N4O2/c12-4-1-6-7(2-5(4)13)17-10(16-6)8-9(11(18)19)15-3-14-8/h1-3H,(H,14,15)(H,16,17)(H,18,19). The Bertz CT molecular complexity index is 754. The summed E-state index contributed by atoms with van der Waals surface area (Å²) in [6.07, 6.45) is 1.20. The molecule has 3 aromatic rings. The van der Waals surface area contributed by atoms with Crippen molar-refractivity contribution in [3.8, 4) is 11.5 Å². The van der Waals surface area contributed by atoms with Gasteiger partial charge in [0.2, 0.25) is 0 Å². The summed E-state index contributed by atoms with van der Waals surface area (Å²) in [5.41, 5.74) is 0.367. The number of aromatic amines is 2. The van der Waals surface area contributed by atoms with Crippen LogP contribution in [0.25, 0.3) is 22.6 Å². The van der Waals surface area contributed by atoms with Crippen molar-refractivity contribution in [2.45, 2.75) is 0 Å². The lowest BCUT2D eigenvalue weighted by atomic mass is 10.3. The van der Waals surface area contributed by atoms with Crippen LogP contribution in [0.2, 0.25) is 0 Å². The quantitative estimate of drug-likeness (QED) is 0.659. The Morgan fingerprint density at radius 1 is 1.26 bits per heavy atom. The van der Waals surface area contributed by atoms with Crippen molar-refractivity contribution in [1.29, 1.82) is 0 Å². The van der Waals surface area contributed by atoms with Gasteiger partial charge < -0.3 is 15.1 Å². The third-order valence-corrected chi connectivity index (χ3v) is 2.60. The molecule has 2 aromatic heterocycles. The van der Waals surface area contributed by atoms with Crippen molar-refractivity contribution >= 4 is 17.0 Å². The number of carboxylic acids is 1. The largest absolute Gasteiger partial charge is 0.477 e. The van der Waals surface area contributed by atoms with Gasteiger partial charge in [0.1, 0.15) is 5.69 Å². The summed E-state index contributed by atoms with van der Waals surface area (Å²) in [7, 11) is 0. The highest BCUT2D eigenvalue weighted by Crippen LogP contribution is 2.23. The highest BCUT2D eigenvalue weighted by molar-refractivity contribution is 5.92. The fourth-order valence-corrected chi connectivity index (χ4v) is 1.75. The molecule has 8 heteroatoms. The van der Waals surface area contributed by atoms with E-state index in [0.29, 0.717) is 0 Å². The number of aromatic carboxylic acids is 1. The number of nitrogens with zero attached hydrogens (tertiary/aromatic N) is 2. The van der Waals surface area contributed by atoms with Crippen LogP contribution in [-0.4, -0.2) is 31.0 Å². The predicted molar refractivity (Wildman–Crippen MR) is 60.6 cm³/mol. The Hall–Kier alpha value is -2.77. The van der Waals surface area contributed by atoms with Gasteiger partial charge in [-0.05, 0) is 0 Å². The van der Waals surface area contributed by atoms with Gasteiger partial charge in [0.05, 0.1) is 17.4 Å². The number of halogens is 2. The van der Waals surface area contributed by atoms with Gasteiger partial charge in [-0.2, -0.15) is 0 Å². The number of imidazole rings is 2. The molecule has 19 heavy (non-hydrogen) atoms. The molecule has 0 aliphatic carbocycles. The van der Waals surface area contributed by atoms with Crippen LogP contribution in [0, 0.1) is 11.6 Å². The van der Waals surface area contributed by atoms with E-state index in [4.69, 9.17) is 5.11 Å². The number of carbonyl (C=O) groups is 1. The molecule has 3 rings (SSSR count). The number of rotatable bonds is 2. The van der Waals surface area contributed by atoms with E-state index in [2.05, 4.69) is 19.9 Å². The van der Waals surface area contributed by atoms with Gasteiger partial charge in [-0.3, -0.25) is 0 Å². The molecule has 0 saturated heterocycles. The van der Waals surface area contributed by atoms with Crippen molar-refractivity contribution in [1.82, 2.24) is 19.9 Å². The zero-order chi connectivity index (χ0) is 13.6. The average Bonchev–Trinajstić information content (AvgIpc) is 2.95. The molecule has 0 bridgehead atoms. The highest BCUT2D eigenvalue weighted by atomic mass is 19.2. The summed E-state index contributed by atoms with van der Waals surface area (Å²) >= 11 is 0. The van der Waals surface area contributed by atoms with E-state index in [1.54, 1.807) is 0 Å². The van der Waals surface area contributed by atoms with Crippen LogP contribution < -0.4 is 0 Å². The van der Waals surface area contributed by atoms with Gasteiger partial charge in [-0.1, -0.05) is 0 Å². The van der Waals surface area contributed by atoms with Crippen LogP contribution in [0.5, 0.6) is 0 Å². The van der Waals surface area contributed by atoms with Crippen LogP contribution >= 0.6 is 0 Å². The van der Waals surface area contributed by atoms with Crippen LogP contribution in [0.3, 0.4) is 0 Å². The number of hydrogen-bond acceptors (Lipinski definition) is 3. The molecule has 6 nitrogen and oxygen atoms in total. The molecule has 1 aromatic carbocycles. The summed E-state index contributed by atoms with van der Waals surface area (Å²) in [6.45, 7) is 0. The van der Waals surface area contributed by atoms with Gasteiger partial charge in [0.15, 0.2) is 23.2 Å². The van der Waals surface area contributed by atoms with Crippen molar-refractivity contribution in [3.63, 3.8) is 0 Å². The maximum Gasteiger partial charge on any atom is 0.354 e. The van der Waals surface area contributed by atoms with Crippen LogP contribution in [0.4, 0.5) is 8.78 Å². The predicted octanol–water partition coefficient (Wildman–Crippen LogP) is 1.93. The Balaban J connectivity index is 2.21. The third-order valence-electron chi connectivity index (χ3n) is 2.60. The normalized spacial score (nSPS) is 11.1. The van der Waals surface area contributed by atoms with Crippen LogP contribution in [0.1, 0.15) is 10.5 Å². The van der Waals surface area contributed by atoms with Crippen molar-refractivity contribution in [2.75, 3.05) is 0 Å². The minimum atomic E-state index is -1.20. The molecule has 0 saturated carbocycles. The van der Waals surface area contributed by atoms with Crippen LogP contribution in [-0.2, 0) is 0 Å². The van der Waals surface area contributed by atoms with Crippen molar-refractivity contribution in [3.05, 3.63) is 35.8 Å². The second-order valence-electron chi connectivity index (χ2n) is 3.80. The summed E-state index contributed by atoms with van der Waals surface area (Å²) in [4.78, 5) is 23.9. The second kappa shape index (κ2) is 3.87. The van der Waals surface area contributed by atoms with E-state index in [1.807, 2.05) is 0 Å². The Kier molecular flexibility index (Phi) is 2.31. The topological polar surface area (TPSA) is 94.7 Å². The first-order valence-corrected chi connectivity index (χ1v) is 5.18. The molecule has 0 fully saturated rings. The monoisotopic (exact) mass is 264 g/mol. The van der Waals surface area contributed by atoms with E-state index in [1.165, 1.54) is 6.33 Å². The van der Waals surface area contributed by atoms with E-state index in [-0.39, 0.29) is 28.2 Å². The third kappa shape index (κ3) is 1.73. The molecule has 0 aliphatic heterocycles. The maximum absolute atomic E-state index is 13.1. The molecule has 0 atom stereocenters. The summed E-state index contributed by atoms with van der Waals surface area (Å²) < 4.78 is 26.1. The van der Waals surface area contributed by atoms with E-state index in [9.17, 15) is 13.6 Å². The molecule has 0 aliphatic rings. The number of nitrogens with one attached hydrogen (secondary N) is 2. The lowest BCUT2D eigenvalue weighted by Crippen LogP contribution is -1.99. The van der Waals surface area contributed by atoms with Gasteiger partial charge in [-0.15, -0.1) is 0 Å². The minimum Gasteiger partial charge on any atom is -0.477 e. The fourth-order valence-electron chi connectivity index (χ4n) is 1.75. The molecule has 0 spiro atoms. The Labute approximate surface area is 104 Å². The molecular formula is C11H6F2N4O2. The molecule has 0 amide bonds. The fraction of sp³-hybridized carbons (Fsp3) is 0. The molecule has 0 radical (unpaired) electrons. The van der Waals surface area contributed by atoms with Crippen molar-refractivity contribution < 1.29 is 18.7 Å². The van der Waals surface area contributed by atoms with E-state index in [0.717, 1.165) is 12.1 Å². The van der Waals surface area contributed by atoms with Crippen LogP contribution in [0.15, 0.2) is 18.5 Å². The first-order chi connectivity index (χ1) is 9.06.